The highest BCUT2D eigenvalue weighted by Gasteiger charge is 2.33. The zero-order valence-corrected chi connectivity index (χ0v) is 15.2. The second-order valence-corrected chi connectivity index (χ2v) is 8.66. The predicted octanol–water partition coefficient (Wildman–Crippen LogP) is 3.43. The van der Waals surface area contributed by atoms with Crippen LogP contribution in [0.1, 0.15) is 25.3 Å². The first kappa shape index (κ1) is 18.3. The van der Waals surface area contributed by atoms with E-state index in [1.807, 2.05) is 6.92 Å². The number of hydrogen-bond donors (Lipinski definition) is 0. The molecule has 7 heteroatoms. The van der Waals surface area contributed by atoms with Gasteiger partial charge in [0, 0.05) is 28.7 Å². The Kier molecular flexibility index (Phi) is 6.12. The molecule has 1 aromatic carbocycles. The van der Waals surface area contributed by atoms with E-state index in [2.05, 4.69) is 0 Å². The van der Waals surface area contributed by atoms with Crippen LogP contribution in [0.15, 0.2) is 24.3 Å². The lowest BCUT2D eigenvalue weighted by Crippen LogP contribution is -2.40. The van der Waals surface area contributed by atoms with Gasteiger partial charge in [0.05, 0.1) is 11.5 Å². The van der Waals surface area contributed by atoms with Crippen LogP contribution in [0.5, 0.6) is 0 Å². The molecule has 0 saturated carbocycles. The molecule has 1 unspecified atom stereocenters. The molecule has 4 nitrogen and oxygen atoms in total. The van der Waals surface area contributed by atoms with Crippen LogP contribution in [0.25, 0.3) is 6.08 Å². The van der Waals surface area contributed by atoms with Crippen LogP contribution >= 0.6 is 23.2 Å². The highest BCUT2D eigenvalue weighted by molar-refractivity contribution is 7.91. The van der Waals surface area contributed by atoms with Gasteiger partial charge >= 0.3 is 0 Å². The summed E-state index contributed by atoms with van der Waals surface area (Å²) in [6, 6.07) is 4.78. The molecule has 1 atom stereocenters. The van der Waals surface area contributed by atoms with Crippen molar-refractivity contribution in [1.29, 1.82) is 0 Å². The average molecular weight is 376 g/mol. The van der Waals surface area contributed by atoms with Crippen LogP contribution in [0, 0.1) is 0 Å². The lowest BCUT2D eigenvalue weighted by molar-refractivity contribution is -0.127. The van der Waals surface area contributed by atoms with Gasteiger partial charge < -0.3 is 4.90 Å². The molecule has 23 heavy (non-hydrogen) atoms. The first-order valence-corrected chi connectivity index (χ1v) is 10.0. The second kappa shape index (κ2) is 7.69. The Labute approximate surface area is 147 Å². The standard InChI is InChI=1S/C16H19Cl2NO3S/c1-2-8-19(14-7-9-23(21,22)11-14)16(20)6-3-12-10-13(17)4-5-15(12)18/h3-6,10,14H,2,7-9,11H2,1H3. The van der Waals surface area contributed by atoms with E-state index in [-0.39, 0.29) is 23.5 Å². The molecule has 0 radical (unpaired) electrons. The fourth-order valence-corrected chi connectivity index (χ4v) is 4.73. The molecule has 0 bridgehead atoms. The maximum atomic E-state index is 12.5. The number of benzene rings is 1. The van der Waals surface area contributed by atoms with Gasteiger partial charge in [-0.3, -0.25) is 4.79 Å². The molecule has 1 aliphatic rings. The molecule has 0 N–H and O–H groups in total. The van der Waals surface area contributed by atoms with Crippen molar-refractivity contribution < 1.29 is 13.2 Å². The van der Waals surface area contributed by atoms with Crippen molar-refractivity contribution in [1.82, 2.24) is 4.90 Å². The van der Waals surface area contributed by atoms with Crippen molar-refractivity contribution >= 4 is 45.0 Å². The Hall–Kier alpha value is -1.04. The molecule has 0 aromatic heterocycles. The molecule has 1 aliphatic heterocycles. The molecule has 1 heterocycles. The third-order valence-corrected chi connectivity index (χ3v) is 6.09. The average Bonchev–Trinajstić information content (AvgIpc) is 2.85. The summed E-state index contributed by atoms with van der Waals surface area (Å²) in [7, 11) is -3.03. The van der Waals surface area contributed by atoms with E-state index >= 15 is 0 Å². The zero-order chi connectivity index (χ0) is 17.0. The molecule has 1 saturated heterocycles. The number of hydrogen-bond acceptors (Lipinski definition) is 3. The van der Waals surface area contributed by atoms with E-state index in [9.17, 15) is 13.2 Å². The van der Waals surface area contributed by atoms with Crippen molar-refractivity contribution in [3.8, 4) is 0 Å². The van der Waals surface area contributed by atoms with Crippen molar-refractivity contribution in [3.63, 3.8) is 0 Å². The minimum Gasteiger partial charge on any atom is -0.335 e. The normalized spacial score (nSPS) is 20.0. The SMILES string of the molecule is CCCN(C(=O)C=Cc1cc(Cl)ccc1Cl)C1CCS(=O)(=O)C1. The first-order chi connectivity index (χ1) is 10.8. The van der Waals surface area contributed by atoms with Crippen LogP contribution in [-0.4, -0.2) is 43.3 Å². The monoisotopic (exact) mass is 375 g/mol. The Morgan fingerprint density at radius 1 is 1.39 bits per heavy atom. The second-order valence-electron chi connectivity index (χ2n) is 5.59. The van der Waals surface area contributed by atoms with Gasteiger partial charge in [0.15, 0.2) is 9.84 Å². The minimum atomic E-state index is -3.03. The molecule has 0 spiro atoms. The summed E-state index contributed by atoms with van der Waals surface area (Å²) in [6.45, 7) is 2.49. The van der Waals surface area contributed by atoms with Gasteiger partial charge in [-0.1, -0.05) is 30.1 Å². The molecular formula is C16H19Cl2NO3S. The van der Waals surface area contributed by atoms with E-state index in [0.717, 1.165) is 6.42 Å². The van der Waals surface area contributed by atoms with Gasteiger partial charge in [-0.2, -0.15) is 0 Å². The van der Waals surface area contributed by atoms with Gasteiger partial charge in [0.1, 0.15) is 0 Å². The van der Waals surface area contributed by atoms with E-state index in [4.69, 9.17) is 23.2 Å². The van der Waals surface area contributed by atoms with Crippen molar-refractivity contribution in [2.75, 3.05) is 18.1 Å². The zero-order valence-electron chi connectivity index (χ0n) is 12.8. The lowest BCUT2D eigenvalue weighted by atomic mass is 10.1. The van der Waals surface area contributed by atoms with E-state index in [1.165, 1.54) is 6.08 Å². The number of sulfone groups is 1. The van der Waals surface area contributed by atoms with Crippen molar-refractivity contribution in [3.05, 3.63) is 39.9 Å². The summed E-state index contributed by atoms with van der Waals surface area (Å²) in [5.74, 6) is -0.00976. The third-order valence-electron chi connectivity index (χ3n) is 3.76. The molecule has 0 aliphatic carbocycles. The van der Waals surface area contributed by atoms with Gasteiger partial charge in [-0.25, -0.2) is 8.42 Å². The number of amides is 1. The number of halogens is 2. The number of carbonyl (C=O) groups is 1. The van der Waals surface area contributed by atoms with Crippen LogP contribution in [0.3, 0.4) is 0 Å². The molecular weight excluding hydrogens is 357 g/mol. The first-order valence-electron chi connectivity index (χ1n) is 7.46. The Morgan fingerprint density at radius 3 is 2.74 bits per heavy atom. The van der Waals surface area contributed by atoms with Gasteiger partial charge in [-0.05, 0) is 42.7 Å². The number of rotatable bonds is 5. The highest BCUT2D eigenvalue weighted by atomic mass is 35.5. The molecule has 1 amide bonds. The Morgan fingerprint density at radius 2 is 2.13 bits per heavy atom. The Balaban J connectivity index is 2.15. The minimum absolute atomic E-state index is 0.0461. The molecule has 1 aromatic rings. The van der Waals surface area contributed by atoms with E-state index in [1.54, 1.807) is 29.2 Å². The number of carbonyl (C=O) groups excluding carboxylic acids is 1. The topological polar surface area (TPSA) is 54.5 Å². The maximum Gasteiger partial charge on any atom is 0.246 e. The van der Waals surface area contributed by atoms with Gasteiger partial charge in [0.2, 0.25) is 5.91 Å². The van der Waals surface area contributed by atoms with Gasteiger partial charge in [0.25, 0.3) is 0 Å². The summed E-state index contributed by atoms with van der Waals surface area (Å²) in [6.07, 6.45) is 4.31. The van der Waals surface area contributed by atoms with Crippen LogP contribution in [0.4, 0.5) is 0 Å². The fourth-order valence-electron chi connectivity index (χ4n) is 2.63. The van der Waals surface area contributed by atoms with Crippen molar-refractivity contribution in [2.24, 2.45) is 0 Å². The summed E-state index contributed by atoms with van der Waals surface area (Å²) in [5.41, 5.74) is 0.656. The smallest absolute Gasteiger partial charge is 0.246 e. The van der Waals surface area contributed by atoms with Crippen LogP contribution < -0.4 is 0 Å². The predicted molar refractivity (Wildman–Crippen MR) is 94.6 cm³/mol. The fraction of sp³-hybridized carbons (Fsp3) is 0.438. The van der Waals surface area contributed by atoms with E-state index in [0.29, 0.717) is 28.6 Å². The van der Waals surface area contributed by atoms with Crippen LogP contribution in [0.2, 0.25) is 10.0 Å². The van der Waals surface area contributed by atoms with Gasteiger partial charge in [-0.15, -0.1) is 0 Å². The quantitative estimate of drug-likeness (QED) is 0.740. The highest BCUT2D eigenvalue weighted by Crippen LogP contribution is 2.23. The Bertz CT molecular complexity index is 716. The summed E-state index contributed by atoms with van der Waals surface area (Å²) < 4.78 is 23.3. The largest absolute Gasteiger partial charge is 0.335 e. The van der Waals surface area contributed by atoms with Crippen LogP contribution in [-0.2, 0) is 14.6 Å². The summed E-state index contributed by atoms with van der Waals surface area (Å²) in [4.78, 5) is 14.1. The summed E-state index contributed by atoms with van der Waals surface area (Å²) in [5, 5.41) is 1.04. The molecule has 2 rings (SSSR count). The number of nitrogens with zero attached hydrogens (tertiary/aromatic N) is 1. The third kappa shape index (κ3) is 4.96. The van der Waals surface area contributed by atoms with Crippen molar-refractivity contribution in [2.45, 2.75) is 25.8 Å². The molecule has 126 valence electrons. The maximum absolute atomic E-state index is 12.5. The van der Waals surface area contributed by atoms with E-state index < -0.39 is 9.84 Å². The lowest BCUT2D eigenvalue weighted by Gasteiger charge is -2.26. The molecule has 1 fully saturated rings. The summed E-state index contributed by atoms with van der Waals surface area (Å²) >= 11 is 12.0.